The molecule has 0 saturated heterocycles. The van der Waals surface area contributed by atoms with Gasteiger partial charge in [0.05, 0.1) is 18.7 Å². The van der Waals surface area contributed by atoms with E-state index in [1.165, 1.54) is 0 Å². The van der Waals surface area contributed by atoms with Crippen LogP contribution in [0.15, 0.2) is 6.07 Å². The maximum absolute atomic E-state index is 12.1. The van der Waals surface area contributed by atoms with Gasteiger partial charge in [-0.3, -0.25) is 14.3 Å². The van der Waals surface area contributed by atoms with Crippen LogP contribution >= 0.6 is 11.6 Å². The molecule has 1 aromatic heterocycles. The molecule has 0 N–H and O–H groups in total. The van der Waals surface area contributed by atoms with Crippen molar-refractivity contribution in [1.82, 2.24) is 14.7 Å². The maximum atomic E-state index is 12.1. The second kappa shape index (κ2) is 7.81. The number of hydrogen-bond donors (Lipinski definition) is 0. The van der Waals surface area contributed by atoms with E-state index in [0.717, 1.165) is 11.4 Å². The van der Waals surface area contributed by atoms with Crippen LogP contribution < -0.4 is 0 Å². The number of ether oxygens (including phenoxy) is 1. The number of aryl methyl sites for hydroxylation is 2. The molecule has 1 heterocycles. The third-order valence-electron chi connectivity index (χ3n) is 3.35. The molecule has 130 valence electrons. The molecule has 6 nitrogen and oxygen atoms in total. The van der Waals surface area contributed by atoms with Crippen LogP contribution in [0.2, 0.25) is 0 Å². The number of aromatic nitrogens is 2. The molecule has 1 aromatic rings. The molecule has 0 aliphatic carbocycles. The first-order valence-electron chi connectivity index (χ1n) is 7.60. The van der Waals surface area contributed by atoms with Gasteiger partial charge in [-0.25, -0.2) is 0 Å². The summed E-state index contributed by atoms with van der Waals surface area (Å²) in [7, 11) is 1.84. The van der Waals surface area contributed by atoms with Gasteiger partial charge in [-0.15, -0.1) is 11.6 Å². The number of carbonyl (C=O) groups excluding carboxylic acids is 2. The standard InChI is InChI=1S/C16H26ClN3O3/c1-11-7-13(18-19(11)6)10-20(14(21)9-17)12(2)8-15(22)23-16(3,4)5/h7,12H,8-10H2,1-6H3. The number of halogens is 1. The largest absolute Gasteiger partial charge is 0.460 e. The summed E-state index contributed by atoms with van der Waals surface area (Å²) in [5, 5.41) is 4.35. The van der Waals surface area contributed by atoms with Gasteiger partial charge in [-0.05, 0) is 40.7 Å². The molecule has 1 amide bonds. The van der Waals surface area contributed by atoms with Gasteiger partial charge in [0.15, 0.2) is 0 Å². The lowest BCUT2D eigenvalue weighted by atomic mass is 10.1. The number of carbonyl (C=O) groups is 2. The molecule has 0 aromatic carbocycles. The first-order valence-corrected chi connectivity index (χ1v) is 8.13. The summed E-state index contributed by atoms with van der Waals surface area (Å²) in [5.74, 6) is -0.703. The van der Waals surface area contributed by atoms with Crippen LogP contribution in [0.1, 0.15) is 45.5 Å². The highest BCUT2D eigenvalue weighted by Gasteiger charge is 2.25. The van der Waals surface area contributed by atoms with Crippen molar-refractivity contribution in [2.75, 3.05) is 5.88 Å². The van der Waals surface area contributed by atoms with Crippen molar-refractivity contribution in [3.05, 3.63) is 17.5 Å². The number of esters is 1. The molecule has 0 saturated carbocycles. The first kappa shape index (κ1) is 19.5. The zero-order valence-electron chi connectivity index (χ0n) is 14.7. The van der Waals surface area contributed by atoms with Gasteiger partial charge in [0.2, 0.25) is 5.91 Å². The van der Waals surface area contributed by atoms with E-state index in [-0.39, 0.29) is 30.2 Å². The van der Waals surface area contributed by atoms with Crippen molar-refractivity contribution >= 4 is 23.5 Å². The monoisotopic (exact) mass is 343 g/mol. The summed E-state index contributed by atoms with van der Waals surface area (Å²) in [6.45, 7) is 9.51. The molecule has 0 fully saturated rings. The van der Waals surface area contributed by atoms with Crippen molar-refractivity contribution in [2.45, 2.75) is 59.2 Å². The molecule has 0 aliphatic heterocycles. The van der Waals surface area contributed by atoms with Crippen molar-refractivity contribution in [1.29, 1.82) is 0 Å². The topological polar surface area (TPSA) is 64.4 Å². The lowest BCUT2D eigenvalue weighted by molar-refractivity contribution is -0.156. The Morgan fingerprint density at radius 3 is 2.48 bits per heavy atom. The van der Waals surface area contributed by atoms with Gasteiger partial charge in [-0.2, -0.15) is 5.10 Å². The molecule has 1 unspecified atom stereocenters. The van der Waals surface area contributed by atoms with Crippen molar-refractivity contribution in [3.63, 3.8) is 0 Å². The predicted molar refractivity (Wildman–Crippen MR) is 89.1 cm³/mol. The maximum Gasteiger partial charge on any atom is 0.308 e. The SMILES string of the molecule is Cc1cc(CN(C(=O)CCl)C(C)CC(=O)OC(C)(C)C)nn1C. The van der Waals surface area contributed by atoms with E-state index in [1.807, 2.05) is 47.7 Å². The van der Waals surface area contributed by atoms with E-state index in [2.05, 4.69) is 5.10 Å². The van der Waals surface area contributed by atoms with E-state index in [9.17, 15) is 9.59 Å². The second-order valence-corrected chi connectivity index (χ2v) is 6.96. The minimum atomic E-state index is -0.545. The van der Waals surface area contributed by atoms with Gasteiger partial charge < -0.3 is 9.64 Å². The van der Waals surface area contributed by atoms with Crippen LogP contribution in [0.25, 0.3) is 0 Å². The summed E-state index contributed by atoms with van der Waals surface area (Å²) in [5.41, 5.74) is 1.22. The van der Waals surface area contributed by atoms with Crippen LogP contribution in [0.3, 0.4) is 0 Å². The normalized spacial score (nSPS) is 12.8. The van der Waals surface area contributed by atoms with E-state index in [1.54, 1.807) is 9.58 Å². The third kappa shape index (κ3) is 6.22. The predicted octanol–water partition coefficient (Wildman–Crippen LogP) is 2.42. The van der Waals surface area contributed by atoms with E-state index >= 15 is 0 Å². The number of amides is 1. The van der Waals surface area contributed by atoms with E-state index < -0.39 is 5.60 Å². The molecule has 0 spiro atoms. The molecular weight excluding hydrogens is 318 g/mol. The lowest BCUT2D eigenvalue weighted by Gasteiger charge is -2.28. The Labute approximate surface area is 142 Å². The van der Waals surface area contributed by atoms with E-state index in [4.69, 9.17) is 16.3 Å². The van der Waals surface area contributed by atoms with Crippen molar-refractivity contribution in [3.8, 4) is 0 Å². The Morgan fingerprint density at radius 1 is 1.43 bits per heavy atom. The highest BCUT2D eigenvalue weighted by molar-refractivity contribution is 6.27. The van der Waals surface area contributed by atoms with Gasteiger partial charge in [-0.1, -0.05) is 0 Å². The van der Waals surface area contributed by atoms with Crippen LogP contribution in [0.5, 0.6) is 0 Å². The van der Waals surface area contributed by atoms with Crippen LogP contribution in [0, 0.1) is 6.92 Å². The van der Waals surface area contributed by atoms with Gasteiger partial charge in [0.1, 0.15) is 11.5 Å². The zero-order chi connectivity index (χ0) is 17.8. The average Bonchev–Trinajstić information content (AvgIpc) is 2.71. The summed E-state index contributed by atoms with van der Waals surface area (Å²) in [4.78, 5) is 25.7. The fourth-order valence-electron chi connectivity index (χ4n) is 2.19. The van der Waals surface area contributed by atoms with Crippen LogP contribution in [0.4, 0.5) is 0 Å². The molecule has 0 aliphatic rings. The minimum Gasteiger partial charge on any atom is -0.460 e. The fourth-order valence-corrected chi connectivity index (χ4v) is 2.34. The second-order valence-electron chi connectivity index (χ2n) is 6.70. The number of nitrogens with zero attached hydrogens (tertiary/aromatic N) is 3. The summed E-state index contributed by atoms with van der Waals surface area (Å²) in [6, 6.07) is 1.59. The molecule has 1 atom stereocenters. The number of hydrogen-bond acceptors (Lipinski definition) is 4. The highest BCUT2D eigenvalue weighted by atomic mass is 35.5. The van der Waals surface area contributed by atoms with E-state index in [0.29, 0.717) is 6.54 Å². The Balaban J connectivity index is 2.80. The molecule has 23 heavy (non-hydrogen) atoms. The Kier molecular flexibility index (Phi) is 6.62. The fraction of sp³-hybridized carbons (Fsp3) is 0.688. The molecule has 0 radical (unpaired) electrons. The minimum absolute atomic E-state index is 0.117. The Morgan fingerprint density at radius 2 is 2.04 bits per heavy atom. The first-order chi connectivity index (χ1) is 10.5. The summed E-state index contributed by atoms with van der Waals surface area (Å²) < 4.78 is 7.06. The van der Waals surface area contributed by atoms with Gasteiger partial charge in [0.25, 0.3) is 0 Å². The average molecular weight is 344 g/mol. The number of rotatable bonds is 6. The molecular formula is C16H26ClN3O3. The molecule has 7 heteroatoms. The van der Waals surface area contributed by atoms with Crippen LogP contribution in [-0.2, 0) is 27.9 Å². The van der Waals surface area contributed by atoms with Gasteiger partial charge in [0, 0.05) is 18.8 Å². The van der Waals surface area contributed by atoms with Crippen molar-refractivity contribution in [2.24, 2.45) is 7.05 Å². The number of alkyl halides is 1. The third-order valence-corrected chi connectivity index (χ3v) is 3.57. The Hall–Kier alpha value is -1.56. The smallest absolute Gasteiger partial charge is 0.308 e. The summed E-state index contributed by atoms with van der Waals surface area (Å²) >= 11 is 5.70. The molecule has 0 bridgehead atoms. The van der Waals surface area contributed by atoms with Crippen LogP contribution in [-0.4, -0.2) is 44.1 Å². The summed E-state index contributed by atoms with van der Waals surface area (Å²) in [6.07, 6.45) is 0.117. The van der Waals surface area contributed by atoms with Crippen molar-refractivity contribution < 1.29 is 14.3 Å². The zero-order valence-corrected chi connectivity index (χ0v) is 15.5. The van der Waals surface area contributed by atoms with Gasteiger partial charge >= 0.3 is 5.97 Å². The Bertz CT molecular complexity index is 544. The lowest BCUT2D eigenvalue weighted by Crippen LogP contribution is -2.41. The quantitative estimate of drug-likeness (QED) is 0.587. The molecule has 1 rings (SSSR count). The highest BCUT2D eigenvalue weighted by Crippen LogP contribution is 2.15.